The zero-order valence-corrected chi connectivity index (χ0v) is 6.55. The first-order valence-electron chi connectivity index (χ1n) is 3.51. The van der Waals surface area contributed by atoms with E-state index < -0.39 is 0 Å². The number of unbranched alkanes of at least 4 members (excludes halogenated alkanes) is 1. The van der Waals surface area contributed by atoms with Crippen molar-refractivity contribution in [3.8, 4) is 0 Å². The Morgan fingerprint density at radius 1 is 1.56 bits per heavy atom. The van der Waals surface area contributed by atoms with Crippen molar-refractivity contribution in [3.05, 3.63) is 0 Å². The molecular formula is C7H16NO. The van der Waals surface area contributed by atoms with Gasteiger partial charge in [-0.1, -0.05) is 13.3 Å². The third kappa shape index (κ3) is 5.80. The van der Waals surface area contributed by atoms with Crippen molar-refractivity contribution in [2.24, 2.45) is 0 Å². The Morgan fingerprint density at radius 3 is 2.67 bits per heavy atom. The Bertz CT molecular complexity index is 56.9. The maximum atomic E-state index is 5.26. The van der Waals surface area contributed by atoms with E-state index in [1.54, 1.807) is 7.05 Å². The smallest absolute Gasteiger partial charge is 0.120 e. The second-order valence-corrected chi connectivity index (χ2v) is 2.08. The van der Waals surface area contributed by atoms with Crippen LogP contribution in [0.3, 0.4) is 0 Å². The predicted molar refractivity (Wildman–Crippen MR) is 38.4 cm³/mol. The number of nitrogens with zero attached hydrogens (tertiary/aromatic N) is 1. The van der Waals surface area contributed by atoms with Crippen molar-refractivity contribution in [2.45, 2.75) is 32.9 Å². The number of ether oxygens (including phenoxy) is 1. The summed E-state index contributed by atoms with van der Waals surface area (Å²) < 4.78 is 5.26. The van der Waals surface area contributed by atoms with Crippen molar-refractivity contribution in [3.63, 3.8) is 0 Å². The van der Waals surface area contributed by atoms with Crippen LogP contribution in [-0.4, -0.2) is 19.9 Å². The molecule has 0 aliphatic heterocycles. The average Bonchev–Trinajstić information content (AvgIpc) is 1.89. The van der Waals surface area contributed by atoms with Gasteiger partial charge in [0.25, 0.3) is 0 Å². The molecule has 0 aliphatic rings. The standard InChI is InChI=1S/C7H16NO/c1-4-5-6-9-7(2)8-3/h7H,4-6H2,1-3H3. The van der Waals surface area contributed by atoms with Crippen LogP contribution in [0.15, 0.2) is 0 Å². The molecule has 9 heavy (non-hydrogen) atoms. The third-order valence-corrected chi connectivity index (χ3v) is 1.22. The van der Waals surface area contributed by atoms with E-state index in [1.165, 1.54) is 6.42 Å². The lowest BCUT2D eigenvalue weighted by atomic mass is 10.4. The van der Waals surface area contributed by atoms with E-state index in [0.717, 1.165) is 13.0 Å². The zero-order chi connectivity index (χ0) is 7.11. The molecule has 0 aromatic carbocycles. The third-order valence-electron chi connectivity index (χ3n) is 1.22. The van der Waals surface area contributed by atoms with Crippen molar-refractivity contribution in [1.29, 1.82) is 0 Å². The highest BCUT2D eigenvalue weighted by atomic mass is 16.5. The summed E-state index contributed by atoms with van der Waals surface area (Å²) in [6, 6.07) is 0. The molecular weight excluding hydrogens is 114 g/mol. The van der Waals surface area contributed by atoms with E-state index in [4.69, 9.17) is 4.74 Å². The van der Waals surface area contributed by atoms with Crippen molar-refractivity contribution >= 4 is 0 Å². The van der Waals surface area contributed by atoms with E-state index in [0.29, 0.717) is 0 Å². The topological polar surface area (TPSA) is 23.3 Å². The van der Waals surface area contributed by atoms with Gasteiger partial charge in [-0.3, -0.25) is 0 Å². The van der Waals surface area contributed by atoms with Gasteiger partial charge in [-0.15, -0.1) is 0 Å². The van der Waals surface area contributed by atoms with Gasteiger partial charge >= 0.3 is 0 Å². The molecule has 0 amide bonds. The van der Waals surface area contributed by atoms with Gasteiger partial charge in [0.05, 0.1) is 0 Å². The number of hydrogen-bond donors (Lipinski definition) is 0. The molecule has 0 aromatic rings. The molecule has 0 bridgehead atoms. The van der Waals surface area contributed by atoms with Gasteiger partial charge in [0.2, 0.25) is 0 Å². The van der Waals surface area contributed by atoms with Crippen molar-refractivity contribution in [2.75, 3.05) is 13.7 Å². The van der Waals surface area contributed by atoms with Crippen LogP contribution in [0.25, 0.3) is 0 Å². The number of hydrogen-bond acceptors (Lipinski definition) is 1. The minimum Gasteiger partial charge on any atom is -0.362 e. The fourth-order valence-electron chi connectivity index (χ4n) is 0.473. The average molecular weight is 130 g/mol. The van der Waals surface area contributed by atoms with Crippen LogP contribution >= 0.6 is 0 Å². The Balaban J connectivity index is 2.88. The molecule has 2 heteroatoms. The van der Waals surface area contributed by atoms with E-state index in [-0.39, 0.29) is 6.23 Å². The van der Waals surface area contributed by atoms with Gasteiger partial charge in [-0.25, -0.2) is 5.32 Å². The van der Waals surface area contributed by atoms with Crippen LogP contribution in [0.1, 0.15) is 26.7 Å². The first kappa shape index (κ1) is 8.92. The lowest BCUT2D eigenvalue weighted by molar-refractivity contribution is 0.0440. The summed E-state index contributed by atoms with van der Waals surface area (Å²) in [7, 11) is 1.77. The minimum absolute atomic E-state index is 0.0801. The van der Waals surface area contributed by atoms with Gasteiger partial charge in [0.15, 0.2) is 0 Å². The molecule has 0 fully saturated rings. The van der Waals surface area contributed by atoms with E-state index in [2.05, 4.69) is 12.2 Å². The molecule has 0 heterocycles. The summed E-state index contributed by atoms with van der Waals surface area (Å²) in [6.07, 6.45) is 2.41. The molecule has 1 atom stereocenters. The Kier molecular flexibility index (Phi) is 5.99. The van der Waals surface area contributed by atoms with E-state index in [1.807, 2.05) is 6.92 Å². The van der Waals surface area contributed by atoms with Crippen molar-refractivity contribution in [1.82, 2.24) is 5.32 Å². The molecule has 0 saturated heterocycles. The lowest BCUT2D eigenvalue weighted by Crippen LogP contribution is -2.18. The molecule has 0 rings (SSSR count). The maximum absolute atomic E-state index is 5.26. The molecule has 0 aromatic heterocycles. The summed E-state index contributed by atoms with van der Waals surface area (Å²) in [5.74, 6) is 0. The minimum atomic E-state index is 0.0801. The predicted octanol–water partition coefficient (Wildman–Crippen LogP) is 1.38. The summed E-state index contributed by atoms with van der Waals surface area (Å²) in [5, 5.41) is 3.94. The highest BCUT2D eigenvalue weighted by molar-refractivity contribution is 4.39. The largest absolute Gasteiger partial charge is 0.362 e. The summed E-state index contributed by atoms with van der Waals surface area (Å²) in [5.41, 5.74) is 0. The normalized spacial score (nSPS) is 13.7. The molecule has 0 saturated carbocycles. The van der Waals surface area contributed by atoms with Crippen LogP contribution in [0.4, 0.5) is 0 Å². The summed E-state index contributed by atoms with van der Waals surface area (Å²) in [4.78, 5) is 0. The van der Waals surface area contributed by atoms with Crippen LogP contribution in [0.5, 0.6) is 0 Å². The molecule has 1 radical (unpaired) electrons. The van der Waals surface area contributed by atoms with Gasteiger partial charge in [0, 0.05) is 13.7 Å². The van der Waals surface area contributed by atoms with E-state index in [9.17, 15) is 0 Å². The molecule has 2 nitrogen and oxygen atoms in total. The summed E-state index contributed by atoms with van der Waals surface area (Å²) >= 11 is 0. The number of rotatable bonds is 5. The molecule has 0 N–H and O–H groups in total. The van der Waals surface area contributed by atoms with Gasteiger partial charge in [0.1, 0.15) is 6.23 Å². The van der Waals surface area contributed by atoms with Crippen LogP contribution in [-0.2, 0) is 4.74 Å². The first-order valence-corrected chi connectivity index (χ1v) is 3.51. The second-order valence-electron chi connectivity index (χ2n) is 2.08. The quantitative estimate of drug-likeness (QED) is 0.516. The van der Waals surface area contributed by atoms with Gasteiger partial charge < -0.3 is 4.74 Å². The molecule has 1 unspecified atom stereocenters. The second kappa shape index (κ2) is 6.05. The Hall–Kier alpha value is -0.0800. The SMILES string of the molecule is CCCCOC(C)[N]C. The van der Waals surface area contributed by atoms with Crippen LogP contribution in [0, 0.1) is 0 Å². The highest BCUT2D eigenvalue weighted by Crippen LogP contribution is 1.91. The molecule has 0 spiro atoms. The molecule has 55 valence electrons. The maximum Gasteiger partial charge on any atom is 0.120 e. The van der Waals surface area contributed by atoms with Gasteiger partial charge in [-0.05, 0) is 13.3 Å². The monoisotopic (exact) mass is 130 g/mol. The van der Waals surface area contributed by atoms with Gasteiger partial charge in [-0.2, -0.15) is 0 Å². The Labute approximate surface area is 57.6 Å². The summed E-state index contributed by atoms with van der Waals surface area (Å²) in [6.45, 7) is 4.95. The molecule has 0 aliphatic carbocycles. The zero-order valence-electron chi connectivity index (χ0n) is 6.55. The Morgan fingerprint density at radius 2 is 2.22 bits per heavy atom. The van der Waals surface area contributed by atoms with Crippen molar-refractivity contribution < 1.29 is 4.74 Å². The van der Waals surface area contributed by atoms with Crippen LogP contribution in [0.2, 0.25) is 0 Å². The van der Waals surface area contributed by atoms with E-state index >= 15 is 0 Å². The lowest BCUT2D eigenvalue weighted by Gasteiger charge is -2.08. The van der Waals surface area contributed by atoms with Crippen LogP contribution < -0.4 is 5.32 Å². The fraction of sp³-hybridized carbons (Fsp3) is 1.00. The highest BCUT2D eigenvalue weighted by Gasteiger charge is 1.95. The fourth-order valence-corrected chi connectivity index (χ4v) is 0.473. The first-order chi connectivity index (χ1) is 4.31.